The van der Waals surface area contributed by atoms with E-state index in [1.54, 1.807) is 25.8 Å². The second kappa shape index (κ2) is 15.0. The summed E-state index contributed by atoms with van der Waals surface area (Å²) in [5, 5.41) is 50.3. The number of aromatic hydroxyl groups is 1. The number of nitrogens with zero attached hydrogens (tertiary/aromatic N) is 4. The molecule has 230 valence electrons. The molecule has 2 aromatic carbocycles. The van der Waals surface area contributed by atoms with Gasteiger partial charge in [-0.15, -0.1) is 0 Å². The standard InChI is InChI=1S/C14H18BFN2O4.C13H16BFN2O4/c1-15(19)17-5-3-4-10(9-17)6-11-7-12(16)14(22-2)13(8-11)18(20)21;1-14(19)16-4-2-3-9(8-16)5-10-6-11(15)13(18)12(7-10)17(20)21/h6-8,19H,3-5,9H2,1-2H3;5-7,18-19H,2-4,8H2,1H3. The SMILES string of the molecule is CB(O)N1CCCC(=Cc2cc(F)c(O)c([N+](=O)[O-])c2)C1.COc1c(F)cc(C=C2CCCN(B(C)O)C2)cc1[N+](=O)[O-]. The van der Waals surface area contributed by atoms with Gasteiger partial charge in [0.1, 0.15) is 0 Å². The topological polar surface area (TPSA) is 163 Å². The van der Waals surface area contributed by atoms with Crippen molar-refractivity contribution in [2.75, 3.05) is 33.3 Å². The van der Waals surface area contributed by atoms with Crippen LogP contribution in [0.4, 0.5) is 20.2 Å². The van der Waals surface area contributed by atoms with Gasteiger partial charge in [0, 0.05) is 25.2 Å². The number of phenols is 1. The summed E-state index contributed by atoms with van der Waals surface area (Å²) in [4.78, 5) is 24.1. The van der Waals surface area contributed by atoms with E-state index in [0.717, 1.165) is 62.1 Å². The van der Waals surface area contributed by atoms with Crippen molar-refractivity contribution >= 4 is 37.6 Å². The average Bonchev–Trinajstić information content (AvgIpc) is 2.95. The Morgan fingerprint density at radius 1 is 0.837 bits per heavy atom. The zero-order chi connectivity index (χ0) is 31.8. The average molecular weight is 602 g/mol. The van der Waals surface area contributed by atoms with E-state index in [0.29, 0.717) is 24.2 Å². The number of ether oxygens (including phenoxy) is 1. The van der Waals surface area contributed by atoms with Gasteiger partial charge in [-0.3, -0.25) is 20.2 Å². The summed E-state index contributed by atoms with van der Waals surface area (Å²) in [6.07, 6.45) is 6.77. The van der Waals surface area contributed by atoms with Crippen LogP contribution in [0.2, 0.25) is 13.6 Å². The van der Waals surface area contributed by atoms with E-state index >= 15 is 0 Å². The largest absolute Gasteiger partial charge is 0.500 e. The predicted molar refractivity (Wildman–Crippen MR) is 160 cm³/mol. The van der Waals surface area contributed by atoms with E-state index in [1.807, 2.05) is 9.62 Å². The molecule has 0 aromatic heterocycles. The lowest BCUT2D eigenvalue weighted by Gasteiger charge is -2.29. The zero-order valence-electron chi connectivity index (χ0n) is 24.2. The molecule has 0 unspecified atom stereocenters. The van der Waals surface area contributed by atoms with Crippen LogP contribution in [0.3, 0.4) is 0 Å². The molecule has 0 radical (unpaired) electrons. The number of nitro groups is 2. The van der Waals surface area contributed by atoms with Crippen LogP contribution in [0, 0.1) is 31.9 Å². The van der Waals surface area contributed by atoms with Gasteiger partial charge in [0.15, 0.2) is 11.6 Å². The first-order valence-corrected chi connectivity index (χ1v) is 13.7. The molecular weight excluding hydrogens is 568 g/mol. The fourth-order valence-electron chi connectivity index (χ4n) is 5.05. The van der Waals surface area contributed by atoms with Crippen LogP contribution in [0.25, 0.3) is 12.2 Å². The molecule has 0 aliphatic carbocycles. The summed E-state index contributed by atoms with van der Waals surface area (Å²) in [5.74, 6) is -3.08. The van der Waals surface area contributed by atoms with E-state index in [9.17, 15) is 44.2 Å². The van der Waals surface area contributed by atoms with Crippen molar-refractivity contribution in [3.05, 3.63) is 78.4 Å². The smallest absolute Gasteiger partial charge is 0.376 e. The lowest BCUT2D eigenvalue weighted by Crippen LogP contribution is -2.41. The number of halogens is 2. The normalized spacial score (nSPS) is 17.7. The van der Waals surface area contributed by atoms with E-state index in [-0.39, 0.29) is 5.75 Å². The maximum atomic E-state index is 13.9. The molecule has 0 atom stereocenters. The molecule has 0 saturated carbocycles. The summed E-state index contributed by atoms with van der Waals surface area (Å²) < 4.78 is 32.2. The number of phenolic OH excluding ortho intramolecular Hbond substituents is 1. The molecule has 2 aliphatic heterocycles. The van der Waals surface area contributed by atoms with Crippen molar-refractivity contribution in [3.63, 3.8) is 0 Å². The van der Waals surface area contributed by atoms with Gasteiger partial charge in [-0.05, 0) is 75.7 Å². The number of nitro benzene ring substituents is 2. The maximum absolute atomic E-state index is 13.9. The van der Waals surface area contributed by atoms with Crippen molar-refractivity contribution in [1.29, 1.82) is 0 Å². The molecule has 2 saturated heterocycles. The van der Waals surface area contributed by atoms with Crippen LogP contribution < -0.4 is 4.74 Å². The van der Waals surface area contributed by atoms with E-state index in [1.165, 1.54) is 19.2 Å². The number of methoxy groups -OCH3 is 1. The molecule has 2 aliphatic rings. The van der Waals surface area contributed by atoms with Gasteiger partial charge in [0.05, 0.1) is 17.0 Å². The molecular formula is C27H34B2F2N4O8. The lowest BCUT2D eigenvalue weighted by atomic mass is 9.82. The lowest BCUT2D eigenvalue weighted by molar-refractivity contribution is -0.386. The number of hydrogen-bond acceptors (Lipinski definition) is 10. The first-order valence-electron chi connectivity index (χ1n) is 13.7. The van der Waals surface area contributed by atoms with Gasteiger partial charge >= 0.3 is 25.5 Å². The summed E-state index contributed by atoms with van der Waals surface area (Å²) >= 11 is 0. The van der Waals surface area contributed by atoms with Gasteiger partial charge < -0.3 is 29.5 Å². The molecule has 3 N–H and O–H groups in total. The Hall–Kier alpha value is -3.85. The summed E-state index contributed by atoms with van der Waals surface area (Å²) in [6.45, 7) is 6.05. The quantitative estimate of drug-likeness (QED) is 0.236. The summed E-state index contributed by atoms with van der Waals surface area (Å²) in [7, 11) is 0.0794. The van der Waals surface area contributed by atoms with Gasteiger partial charge in [-0.1, -0.05) is 23.3 Å². The second-order valence-corrected chi connectivity index (χ2v) is 10.5. The minimum absolute atomic E-state index is 0.333. The van der Waals surface area contributed by atoms with Crippen molar-refractivity contribution in [2.24, 2.45) is 0 Å². The number of piperidine rings is 2. The van der Waals surface area contributed by atoms with Crippen molar-refractivity contribution in [2.45, 2.75) is 39.3 Å². The molecule has 2 fully saturated rings. The highest BCUT2D eigenvalue weighted by molar-refractivity contribution is 6.45. The number of rotatable bonds is 7. The van der Waals surface area contributed by atoms with Gasteiger partial charge in [-0.2, -0.15) is 0 Å². The Bertz CT molecular complexity index is 1410. The Balaban J connectivity index is 0.000000236. The van der Waals surface area contributed by atoms with Crippen molar-refractivity contribution in [1.82, 2.24) is 9.62 Å². The Morgan fingerprint density at radius 2 is 1.28 bits per heavy atom. The third kappa shape index (κ3) is 9.07. The molecule has 0 bridgehead atoms. The molecule has 0 amide bonds. The Labute approximate surface area is 248 Å². The van der Waals surface area contributed by atoms with Crippen LogP contribution in [0.15, 0.2) is 35.4 Å². The third-order valence-electron chi connectivity index (χ3n) is 7.21. The van der Waals surface area contributed by atoms with E-state index in [2.05, 4.69) is 0 Å². The molecule has 0 spiro atoms. The van der Waals surface area contributed by atoms with Crippen LogP contribution in [0.1, 0.15) is 36.8 Å². The summed E-state index contributed by atoms with van der Waals surface area (Å²) in [5.41, 5.74) is 1.68. The first-order chi connectivity index (χ1) is 20.3. The molecule has 4 rings (SSSR count). The highest BCUT2D eigenvalue weighted by Gasteiger charge is 2.24. The van der Waals surface area contributed by atoms with Gasteiger partial charge in [0.2, 0.25) is 11.5 Å². The minimum Gasteiger partial charge on any atom is -0.500 e. The van der Waals surface area contributed by atoms with Gasteiger partial charge in [0.25, 0.3) is 0 Å². The first kappa shape index (κ1) is 33.6. The van der Waals surface area contributed by atoms with E-state index < -0.39 is 52.7 Å². The highest BCUT2D eigenvalue weighted by Crippen LogP contribution is 2.33. The molecule has 16 heteroatoms. The van der Waals surface area contributed by atoms with Crippen LogP contribution >= 0.6 is 0 Å². The van der Waals surface area contributed by atoms with Gasteiger partial charge in [-0.25, -0.2) is 8.78 Å². The third-order valence-corrected chi connectivity index (χ3v) is 7.21. The Kier molecular flexibility index (Phi) is 11.8. The molecule has 2 heterocycles. The van der Waals surface area contributed by atoms with Crippen LogP contribution in [-0.2, 0) is 0 Å². The number of benzene rings is 2. The predicted octanol–water partition coefficient (Wildman–Crippen LogP) is 4.36. The maximum Gasteiger partial charge on any atom is 0.376 e. The van der Waals surface area contributed by atoms with Crippen molar-refractivity contribution < 1.29 is 38.5 Å². The molecule has 43 heavy (non-hydrogen) atoms. The van der Waals surface area contributed by atoms with Crippen LogP contribution in [-0.4, -0.2) is 82.0 Å². The number of hydrogen-bond donors (Lipinski definition) is 3. The fraction of sp³-hybridized carbons (Fsp3) is 0.407. The minimum atomic E-state index is -1.01. The van der Waals surface area contributed by atoms with Crippen LogP contribution in [0.5, 0.6) is 11.5 Å². The second-order valence-electron chi connectivity index (χ2n) is 10.5. The fourth-order valence-corrected chi connectivity index (χ4v) is 5.05. The Morgan fingerprint density at radius 3 is 1.70 bits per heavy atom. The zero-order valence-corrected chi connectivity index (χ0v) is 24.2. The van der Waals surface area contributed by atoms with Crippen molar-refractivity contribution in [3.8, 4) is 11.5 Å². The highest BCUT2D eigenvalue weighted by atomic mass is 19.1. The molecule has 12 nitrogen and oxygen atoms in total. The summed E-state index contributed by atoms with van der Waals surface area (Å²) in [6, 6.07) is 4.74. The molecule has 2 aromatic rings. The van der Waals surface area contributed by atoms with E-state index in [4.69, 9.17) is 4.74 Å². The monoisotopic (exact) mass is 602 g/mol.